The lowest BCUT2D eigenvalue weighted by Crippen LogP contribution is -2.25. The van der Waals surface area contributed by atoms with Crippen LogP contribution in [0.3, 0.4) is 0 Å². The summed E-state index contributed by atoms with van der Waals surface area (Å²) in [6.07, 6.45) is 2.07. The summed E-state index contributed by atoms with van der Waals surface area (Å²) in [6.45, 7) is 15.3. The molecule has 86 valence electrons. The zero-order chi connectivity index (χ0) is 11.9. The topological polar surface area (TPSA) is 30.7 Å². The van der Waals surface area contributed by atoms with E-state index in [9.17, 15) is 0 Å². The lowest BCUT2D eigenvalue weighted by molar-refractivity contribution is 0.346. The van der Waals surface area contributed by atoms with Crippen LogP contribution in [0.2, 0.25) is 0 Å². The Kier molecular flexibility index (Phi) is 2.94. The average molecular weight is 209 g/mol. The van der Waals surface area contributed by atoms with E-state index in [0.29, 0.717) is 5.92 Å². The maximum atomic E-state index is 4.29. The zero-order valence-corrected chi connectivity index (χ0v) is 11.0. The molecule has 0 aliphatic carbocycles. The molecule has 0 bridgehead atoms. The predicted octanol–water partition coefficient (Wildman–Crippen LogP) is 2.97. The van der Waals surface area contributed by atoms with Gasteiger partial charge in [-0.1, -0.05) is 32.9 Å². The van der Waals surface area contributed by atoms with Crippen molar-refractivity contribution in [3.63, 3.8) is 0 Å². The number of nitrogens with zero attached hydrogens (tertiary/aromatic N) is 3. The van der Waals surface area contributed by atoms with E-state index < -0.39 is 0 Å². The van der Waals surface area contributed by atoms with Gasteiger partial charge in [-0.05, 0) is 26.7 Å². The van der Waals surface area contributed by atoms with Gasteiger partial charge in [-0.2, -0.15) is 0 Å². The number of hydrogen-bond acceptors (Lipinski definition) is 2. The maximum absolute atomic E-state index is 4.29. The second-order valence-electron chi connectivity index (χ2n) is 6.10. The molecule has 0 unspecified atom stereocenters. The van der Waals surface area contributed by atoms with Gasteiger partial charge in [0, 0.05) is 11.6 Å². The monoisotopic (exact) mass is 209 g/mol. The van der Waals surface area contributed by atoms with Crippen molar-refractivity contribution in [1.82, 2.24) is 15.0 Å². The minimum Gasteiger partial charge on any atom is -0.247 e. The van der Waals surface area contributed by atoms with Gasteiger partial charge in [0.05, 0.1) is 11.2 Å². The normalized spacial score (nSPS) is 13.6. The molecule has 1 aromatic rings. The maximum Gasteiger partial charge on any atom is 0.0886 e. The molecule has 3 nitrogen and oxygen atoms in total. The van der Waals surface area contributed by atoms with Crippen molar-refractivity contribution in [2.75, 3.05) is 0 Å². The van der Waals surface area contributed by atoms with Gasteiger partial charge in [0.2, 0.25) is 0 Å². The van der Waals surface area contributed by atoms with Gasteiger partial charge in [0.1, 0.15) is 0 Å². The summed E-state index contributed by atoms with van der Waals surface area (Å²) in [4.78, 5) is 0. The first kappa shape index (κ1) is 12.2. The molecule has 0 aliphatic heterocycles. The standard InChI is InChI=1S/C12H23N3/c1-9(2)12(6,7)10-8-15(14-13-10)11(3,4)5/h8-9H,1-7H3. The summed E-state index contributed by atoms with van der Waals surface area (Å²) in [5, 5.41) is 8.49. The first-order chi connectivity index (χ1) is 6.65. The Hall–Kier alpha value is -0.860. The Morgan fingerprint density at radius 2 is 1.67 bits per heavy atom. The van der Waals surface area contributed by atoms with Gasteiger partial charge in [-0.3, -0.25) is 0 Å². The van der Waals surface area contributed by atoms with Crippen molar-refractivity contribution >= 4 is 0 Å². The molecule has 0 N–H and O–H groups in total. The molecule has 0 radical (unpaired) electrons. The summed E-state index contributed by atoms with van der Waals surface area (Å²) >= 11 is 0. The second kappa shape index (κ2) is 3.62. The molecule has 0 fully saturated rings. The van der Waals surface area contributed by atoms with Crippen LogP contribution in [-0.4, -0.2) is 15.0 Å². The highest BCUT2D eigenvalue weighted by molar-refractivity contribution is 5.10. The van der Waals surface area contributed by atoms with Gasteiger partial charge in [0.15, 0.2) is 0 Å². The van der Waals surface area contributed by atoms with Gasteiger partial charge in [0.25, 0.3) is 0 Å². The van der Waals surface area contributed by atoms with Crippen LogP contribution in [0, 0.1) is 5.92 Å². The summed E-state index contributed by atoms with van der Waals surface area (Å²) in [7, 11) is 0. The fourth-order valence-corrected chi connectivity index (χ4v) is 1.18. The van der Waals surface area contributed by atoms with Crippen LogP contribution in [0.5, 0.6) is 0 Å². The van der Waals surface area contributed by atoms with E-state index in [-0.39, 0.29) is 11.0 Å². The fraction of sp³-hybridized carbons (Fsp3) is 0.833. The first-order valence-electron chi connectivity index (χ1n) is 5.59. The van der Waals surface area contributed by atoms with Crippen LogP contribution >= 0.6 is 0 Å². The molecule has 0 amide bonds. The second-order valence-corrected chi connectivity index (χ2v) is 6.10. The average Bonchev–Trinajstić information content (AvgIpc) is 2.50. The smallest absolute Gasteiger partial charge is 0.0886 e. The van der Waals surface area contributed by atoms with E-state index in [1.807, 2.05) is 4.68 Å². The van der Waals surface area contributed by atoms with E-state index in [1.165, 1.54) is 0 Å². The van der Waals surface area contributed by atoms with Gasteiger partial charge < -0.3 is 0 Å². The number of rotatable bonds is 2. The van der Waals surface area contributed by atoms with Crippen molar-refractivity contribution in [2.45, 2.75) is 59.4 Å². The Balaban J connectivity index is 3.04. The van der Waals surface area contributed by atoms with Crippen LogP contribution in [0.25, 0.3) is 0 Å². The van der Waals surface area contributed by atoms with Crippen molar-refractivity contribution < 1.29 is 0 Å². The minimum absolute atomic E-state index is 0.0122. The molecule has 3 heteroatoms. The predicted molar refractivity (Wildman–Crippen MR) is 62.9 cm³/mol. The molecular formula is C12H23N3. The van der Waals surface area contributed by atoms with Gasteiger partial charge in [-0.15, -0.1) is 5.10 Å². The van der Waals surface area contributed by atoms with E-state index in [0.717, 1.165) is 5.69 Å². The molecule has 0 saturated carbocycles. The molecule has 1 aromatic heterocycles. The van der Waals surface area contributed by atoms with Gasteiger partial charge in [-0.25, -0.2) is 4.68 Å². The largest absolute Gasteiger partial charge is 0.247 e. The first-order valence-corrected chi connectivity index (χ1v) is 5.59. The number of aromatic nitrogens is 3. The highest BCUT2D eigenvalue weighted by atomic mass is 15.4. The summed E-state index contributed by atoms with van der Waals surface area (Å²) in [5.74, 6) is 0.558. The summed E-state index contributed by atoms with van der Waals surface area (Å²) in [5.41, 5.74) is 1.18. The molecule has 0 saturated heterocycles. The van der Waals surface area contributed by atoms with E-state index in [2.05, 4.69) is 65.0 Å². The summed E-state index contributed by atoms with van der Waals surface area (Å²) < 4.78 is 1.94. The third-order valence-corrected chi connectivity index (χ3v) is 3.28. The van der Waals surface area contributed by atoms with Crippen molar-refractivity contribution in [1.29, 1.82) is 0 Å². The van der Waals surface area contributed by atoms with Crippen LogP contribution in [0.1, 0.15) is 54.2 Å². The van der Waals surface area contributed by atoms with E-state index in [4.69, 9.17) is 0 Å². The zero-order valence-electron chi connectivity index (χ0n) is 11.0. The molecule has 15 heavy (non-hydrogen) atoms. The molecule has 0 atom stereocenters. The van der Waals surface area contributed by atoms with Gasteiger partial charge >= 0.3 is 0 Å². The molecule has 1 heterocycles. The Bertz CT molecular complexity index is 329. The summed E-state index contributed by atoms with van der Waals surface area (Å²) in [6, 6.07) is 0. The molecular weight excluding hydrogens is 186 g/mol. The van der Waals surface area contributed by atoms with Crippen LogP contribution in [-0.2, 0) is 11.0 Å². The van der Waals surface area contributed by atoms with Crippen LogP contribution < -0.4 is 0 Å². The Morgan fingerprint density at radius 3 is 2.00 bits per heavy atom. The highest BCUT2D eigenvalue weighted by Gasteiger charge is 2.29. The molecule has 0 spiro atoms. The lowest BCUT2D eigenvalue weighted by atomic mass is 9.79. The van der Waals surface area contributed by atoms with Crippen molar-refractivity contribution in [2.24, 2.45) is 5.92 Å². The Labute approximate surface area is 92.9 Å². The highest BCUT2D eigenvalue weighted by Crippen LogP contribution is 2.30. The molecule has 0 aromatic carbocycles. The van der Waals surface area contributed by atoms with Crippen LogP contribution in [0.4, 0.5) is 0 Å². The lowest BCUT2D eigenvalue weighted by Gasteiger charge is -2.26. The third-order valence-electron chi connectivity index (χ3n) is 3.28. The SMILES string of the molecule is CC(C)C(C)(C)c1cn(C(C)(C)C)nn1. The third kappa shape index (κ3) is 2.39. The Morgan fingerprint density at radius 1 is 1.13 bits per heavy atom. The van der Waals surface area contributed by atoms with E-state index in [1.54, 1.807) is 0 Å². The molecule has 0 aliphatic rings. The molecule has 1 rings (SSSR count). The quantitative estimate of drug-likeness (QED) is 0.749. The fourth-order valence-electron chi connectivity index (χ4n) is 1.18. The van der Waals surface area contributed by atoms with Crippen molar-refractivity contribution in [3.8, 4) is 0 Å². The van der Waals surface area contributed by atoms with Crippen LogP contribution in [0.15, 0.2) is 6.20 Å². The minimum atomic E-state index is 0.0122. The number of hydrogen-bond donors (Lipinski definition) is 0. The van der Waals surface area contributed by atoms with E-state index >= 15 is 0 Å². The van der Waals surface area contributed by atoms with Crippen molar-refractivity contribution in [3.05, 3.63) is 11.9 Å².